The quantitative estimate of drug-likeness (QED) is 0.0347. The predicted octanol–water partition coefficient (Wildman–Crippen LogP) is 16.0. The van der Waals surface area contributed by atoms with Gasteiger partial charge in [-0.2, -0.15) is 11.8 Å². The van der Waals surface area contributed by atoms with Crippen LogP contribution in [0.5, 0.6) is 0 Å². The Hall–Kier alpha value is 1.01. The lowest BCUT2D eigenvalue weighted by Crippen LogP contribution is -2.52. The molecule has 0 spiro atoms. The number of carbonyl (C=O) groups excluding carboxylic acids is 4. The summed E-state index contributed by atoms with van der Waals surface area (Å²) < 4.78 is 25.3. The van der Waals surface area contributed by atoms with Crippen LogP contribution in [0.15, 0.2) is 24.4 Å². The number of rotatable bonds is 39. The topological polar surface area (TPSA) is 129 Å². The molecule has 474 valence electrons. The van der Waals surface area contributed by atoms with Gasteiger partial charge < -0.3 is 27.1 Å². The van der Waals surface area contributed by atoms with E-state index < -0.39 is 50.4 Å². The molecular weight excluding hydrogens is 1270 g/mol. The van der Waals surface area contributed by atoms with Gasteiger partial charge in [0.15, 0.2) is 33.3 Å². The fraction of sp³-hybridized carbons (Fsp3) is 0.855. The molecule has 0 aromatic rings. The van der Waals surface area contributed by atoms with Crippen molar-refractivity contribution in [2.45, 2.75) is 261 Å². The van der Waals surface area contributed by atoms with Gasteiger partial charge in [0.1, 0.15) is 11.6 Å². The molecule has 0 aromatic carbocycles. The van der Waals surface area contributed by atoms with Crippen molar-refractivity contribution >= 4 is 161 Å². The molecule has 0 aliphatic heterocycles. The maximum atomic E-state index is 12.5. The van der Waals surface area contributed by atoms with Gasteiger partial charge in [-0.05, 0) is 123 Å². The highest BCUT2D eigenvalue weighted by atomic mass is 33.4. The molecule has 25 heteroatoms. The van der Waals surface area contributed by atoms with Gasteiger partial charge in [0.25, 0.3) is 0 Å². The zero-order valence-electron chi connectivity index (χ0n) is 54.4. The smallest absolute Gasteiger partial charge is 0.311 e. The highest BCUT2D eigenvalue weighted by Crippen LogP contribution is 2.29. The van der Waals surface area contributed by atoms with Crippen LogP contribution < -0.4 is 10.6 Å². The van der Waals surface area contributed by atoms with Crippen LogP contribution in [0.25, 0.3) is 0 Å². The molecular formula is C55H118N2O8S9Si6. The van der Waals surface area contributed by atoms with Crippen molar-refractivity contribution in [1.29, 1.82) is 0 Å². The van der Waals surface area contributed by atoms with E-state index in [4.69, 9.17) is 16.5 Å². The Bertz CT molecular complexity index is 1990. The van der Waals surface area contributed by atoms with Crippen LogP contribution in [0.1, 0.15) is 165 Å². The lowest BCUT2D eigenvalue weighted by atomic mass is 10.0. The lowest BCUT2D eigenvalue weighted by Gasteiger charge is -2.37. The fourth-order valence-corrected chi connectivity index (χ4v) is 46.4. The van der Waals surface area contributed by atoms with E-state index in [9.17, 15) is 19.2 Å². The number of unbranched alkanes of at least 4 members (excludes halogenated alkanes) is 8. The summed E-state index contributed by atoms with van der Waals surface area (Å²) in [6.07, 6.45) is 21.0. The van der Waals surface area contributed by atoms with Crippen LogP contribution in [0.4, 0.5) is 0 Å². The molecule has 0 radical (unpaired) electrons. The lowest BCUT2D eigenvalue weighted by molar-refractivity contribution is -0.123. The van der Waals surface area contributed by atoms with Crippen molar-refractivity contribution in [3.8, 4) is 0 Å². The molecule has 1 atom stereocenters. The molecule has 2 amide bonds. The highest BCUT2D eigenvalue weighted by molar-refractivity contribution is 8.70. The second kappa shape index (κ2) is 49.9. The van der Waals surface area contributed by atoms with Crippen LogP contribution >= 0.6 is 11.8 Å². The normalized spacial score (nSPS) is 12.6. The van der Waals surface area contributed by atoms with E-state index in [0.717, 1.165) is 49.6 Å². The van der Waals surface area contributed by atoms with Crippen molar-refractivity contribution in [3.05, 3.63) is 24.4 Å². The number of Topliss-reactive ketones (excluding diaryl/α,β-unsaturated/α-hetero) is 2. The molecule has 0 rings (SSSR count). The number of hydrogen-bond donors (Lipinski definition) is 2. The number of amides is 2. The monoisotopic (exact) mass is 1390 g/mol. The third kappa shape index (κ3) is 66.5. The van der Waals surface area contributed by atoms with Crippen LogP contribution in [-0.2, 0) is 111 Å². The van der Waals surface area contributed by atoms with Gasteiger partial charge in [0.2, 0.25) is 11.8 Å². The molecule has 0 heterocycles. The van der Waals surface area contributed by atoms with Gasteiger partial charge in [-0.3, -0.25) is 19.2 Å². The molecule has 80 heavy (non-hydrogen) atoms. The summed E-state index contributed by atoms with van der Waals surface area (Å²) in [5.41, 5.74) is 1.97. The summed E-state index contributed by atoms with van der Waals surface area (Å²) in [6.45, 7) is 52.8. The van der Waals surface area contributed by atoms with Gasteiger partial charge in [-0.25, -0.2) is 0 Å². The molecule has 0 saturated heterocycles. The summed E-state index contributed by atoms with van der Waals surface area (Å²) in [6, 6.07) is 0. The molecule has 0 aliphatic carbocycles. The molecule has 0 fully saturated rings. The standard InChI is InChI=1S/C27H59NO4SSi3.C19H35NO2.C9H24O2Si3.S8/c1-23(2)17-15-13-12-14-16-20-28-27(30)19-18-25(21-26(29)24(3)4)33-22-35(8,9)32-36(10,11)31-34(5,6)7;1-16(2)12-8-6-5-7-11-15-20-19(22)14-10-9-13-18(21)17(3)4;1-9-13(5,6)11-14(7,8)10-12(2,3)4;1-3-5-7-8-6-4-2/h23-25H,12-22H2,1-11H3,(H,28,30);9-10,16-17H,5-8,11-15H2,1-4H3,(H,20,22);9H,1H2,2-8H3;/b;10-9+;;. The second-order valence-electron chi connectivity index (χ2n) is 25.8. The van der Waals surface area contributed by atoms with Gasteiger partial charge in [0.05, 0.1) is 0 Å². The van der Waals surface area contributed by atoms with E-state index in [0.29, 0.717) is 25.7 Å². The van der Waals surface area contributed by atoms with Crippen molar-refractivity contribution < 1.29 is 35.6 Å². The average molecular weight is 1390 g/mol. The Morgan fingerprint density at radius 3 is 1.30 bits per heavy atom. The van der Waals surface area contributed by atoms with E-state index in [1.807, 2.05) is 45.2 Å². The molecule has 0 bridgehead atoms. The summed E-state index contributed by atoms with van der Waals surface area (Å²) in [4.78, 5) is 48.0. The zero-order chi connectivity index (χ0) is 62.7. The number of thioether (sulfide) groups is 1. The van der Waals surface area contributed by atoms with E-state index in [2.05, 4.69) is 159 Å². The third-order valence-electron chi connectivity index (χ3n) is 11.2. The van der Waals surface area contributed by atoms with E-state index in [-0.39, 0.29) is 40.5 Å². The summed E-state index contributed by atoms with van der Waals surface area (Å²) >= 11 is 11.0. The van der Waals surface area contributed by atoms with Crippen LogP contribution in [-0.4, -0.2) is 97.5 Å². The Kier molecular flexibility index (Phi) is 54.6. The third-order valence-corrected chi connectivity index (χ3v) is 44.7. The fourth-order valence-electron chi connectivity index (χ4n) is 7.90. The predicted molar refractivity (Wildman–Crippen MR) is 389 cm³/mol. The van der Waals surface area contributed by atoms with Crippen molar-refractivity contribution in [2.75, 3.05) is 18.5 Å². The molecule has 2 N–H and O–H groups in total. The van der Waals surface area contributed by atoms with Crippen molar-refractivity contribution in [3.63, 3.8) is 0 Å². The first-order valence-corrected chi connectivity index (χ1v) is 58.2. The molecule has 0 saturated carbocycles. The SMILES string of the molecule is C=C[Si](C)(C)O[Si](C)(C)O[Si](C)(C)C.CC(C)CCCCCCCNC(=O)C/C=C/CC(=O)C(C)C.CC(C)CCCCCCCNC(=O)CCC(CC(=O)C(C)C)SC[Si](C)(C)O[Si](C)(C)O[Si](C)(C)C.S=S=S=S=S=S=S=S. The second-order valence-corrected chi connectivity index (χ2v) is 63.0. The molecule has 1 unspecified atom stereocenters. The summed E-state index contributed by atoms with van der Waals surface area (Å²) in [5.74, 6) is 2.36. The Morgan fingerprint density at radius 1 is 0.500 bits per heavy atom. The summed E-state index contributed by atoms with van der Waals surface area (Å²) in [7, 11) is -1.81. The maximum Gasteiger partial charge on any atom is 0.311 e. The Balaban J connectivity index is -0.000000552. The van der Waals surface area contributed by atoms with Crippen LogP contribution in [0, 0.1) is 23.7 Å². The van der Waals surface area contributed by atoms with Crippen molar-refractivity contribution in [2.24, 2.45) is 23.7 Å². The minimum atomic E-state index is -2.19. The molecule has 0 aliphatic rings. The number of allylic oxidation sites excluding steroid dienone is 1. The highest BCUT2D eigenvalue weighted by Gasteiger charge is 2.39. The Labute approximate surface area is 530 Å². The maximum absolute atomic E-state index is 12.5. The first-order valence-electron chi connectivity index (χ1n) is 29.3. The Morgan fingerprint density at radius 2 is 0.900 bits per heavy atom. The summed E-state index contributed by atoms with van der Waals surface area (Å²) in [5, 5.41) is 7.09. The van der Waals surface area contributed by atoms with Gasteiger partial charge in [-0.15, -0.1) is 6.58 Å². The number of carbonyl (C=O) groups is 4. The van der Waals surface area contributed by atoms with E-state index in [1.165, 1.54) is 82.0 Å². The molecule has 10 nitrogen and oxygen atoms in total. The minimum Gasteiger partial charge on any atom is -0.437 e. The first-order chi connectivity index (χ1) is 36.7. The van der Waals surface area contributed by atoms with Crippen LogP contribution in [0.2, 0.25) is 91.7 Å². The number of ketones is 2. The largest absolute Gasteiger partial charge is 0.437 e. The van der Waals surface area contributed by atoms with E-state index in [1.54, 1.807) is 47.7 Å². The van der Waals surface area contributed by atoms with Crippen molar-refractivity contribution in [1.82, 2.24) is 10.6 Å². The van der Waals surface area contributed by atoms with E-state index >= 15 is 0 Å². The minimum absolute atomic E-state index is 0.0282. The van der Waals surface area contributed by atoms with Gasteiger partial charge in [0, 0.05) is 137 Å². The van der Waals surface area contributed by atoms with Crippen LogP contribution in [0.3, 0.4) is 0 Å². The first kappa shape index (κ1) is 87.4. The number of nitrogens with one attached hydrogen (secondary N) is 2. The average Bonchev–Trinajstić information content (AvgIpc) is 3.29. The zero-order valence-corrected chi connectivity index (χ0v) is 67.8. The van der Waals surface area contributed by atoms with Gasteiger partial charge >= 0.3 is 17.1 Å². The number of hydrogen-bond acceptors (Lipinski definition) is 11. The van der Waals surface area contributed by atoms with Gasteiger partial charge in [-0.1, -0.05) is 137 Å². The molecule has 0 aromatic heterocycles.